The second kappa shape index (κ2) is 38.5. The van der Waals surface area contributed by atoms with Crippen LogP contribution >= 0.6 is 11.8 Å². The lowest BCUT2D eigenvalue weighted by Crippen LogP contribution is -2.27. The Bertz CT molecular complexity index is 3110. The number of ether oxygens (including phenoxy) is 10. The van der Waals surface area contributed by atoms with E-state index in [9.17, 15) is 24.0 Å². The van der Waals surface area contributed by atoms with Gasteiger partial charge in [0.05, 0.1) is 69.7 Å². The smallest absolute Gasteiger partial charge is 0.330 e. The first-order valence-corrected chi connectivity index (χ1v) is 34.1. The molecule has 8 rings (SSSR count). The van der Waals surface area contributed by atoms with E-state index in [2.05, 4.69) is 50.1 Å². The maximum atomic E-state index is 13.3. The van der Waals surface area contributed by atoms with E-state index in [4.69, 9.17) is 52.4 Å². The number of thioether (sulfide) groups is 1. The number of nitrogens with zero attached hydrogens (tertiary/aromatic N) is 1. The number of carbonyl (C=O) groups excluding carboxylic acids is 5. The summed E-state index contributed by atoms with van der Waals surface area (Å²) < 4.78 is 58.0. The van der Waals surface area contributed by atoms with Crippen LogP contribution in [0, 0.1) is 23.7 Å². The van der Waals surface area contributed by atoms with Crippen LogP contribution in [0.5, 0.6) is 34.5 Å². The van der Waals surface area contributed by atoms with E-state index in [0.29, 0.717) is 74.8 Å². The van der Waals surface area contributed by atoms with Gasteiger partial charge in [0, 0.05) is 46.9 Å². The third-order valence-corrected chi connectivity index (χ3v) is 18.6. The third kappa shape index (κ3) is 24.0. The minimum atomic E-state index is -0.394. The lowest BCUT2D eigenvalue weighted by atomic mass is 9.82. The van der Waals surface area contributed by atoms with E-state index in [0.717, 1.165) is 210 Å². The Morgan fingerprint density at radius 3 is 1.25 bits per heavy atom. The van der Waals surface area contributed by atoms with Gasteiger partial charge in [0.25, 0.3) is 0 Å². The van der Waals surface area contributed by atoms with Crippen molar-refractivity contribution in [2.75, 3.05) is 52.9 Å². The van der Waals surface area contributed by atoms with Gasteiger partial charge in [-0.1, -0.05) is 26.2 Å². The molecule has 0 bridgehead atoms. The molecule has 0 radical (unpaired) electrons. The summed E-state index contributed by atoms with van der Waals surface area (Å²) in [7, 11) is 0. The minimum Gasteiger partial charge on any atom is -0.494 e. The lowest BCUT2D eigenvalue weighted by molar-refractivity contribution is -0.141. The number of rotatable bonds is 39. The molecule has 0 saturated heterocycles. The average Bonchev–Trinajstić information content (AvgIpc) is 0.836. The molecule has 91 heavy (non-hydrogen) atoms. The molecule has 0 unspecified atom stereocenters. The zero-order valence-electron chi connectivity index (χ0n) is 53.0. The maximum Gasteiger partial charge on any atom is 0.330 e. The van der Waals surface area contributed by atoms with Crippen molar-refractivity contribution in [3.63, 3.8) is 0 Å². The molecule has 4 aromatic carbocycles. The van der Waals surface area contributed by atoms with Crippen LogP contribution in [-0.2, 0) is 42.9 Å². The average molecular weight is 1270 g/mol. The van der Waals surface area contributed by atoms with Crippen molar-refractivity contribution in [1.29, 1.82) is 0 Å². The second-order valence-electron chi connectivity index (χ2n) is 24.1. The van der Waals surface area contributed by atoms with Gasteiger partial charge in [-0.25, -0.2) is 19.4 Å². The standard InChI is InChI=1S/C74H93NO15S/c1-4-69(76)84-46-16-10-7-13-43-81-57-27-31-60(32-28-57)89-73(79)55-23-19-53(20-24-55)51-87-62-37-41-65-66-42-38-63(50-68(66)75-72(67(65)49-62)91-64-39-35-59(36-40-64)83-45-15-9-12-18-48-86-71(78)6-3)88-52-54-21-25-56(26-22-54)74(80)90-61-33-29-58(30-34-61)82-44-14-8-11-17-47-85-70(77)5-2/h4-6,27-34,37-38,41-42,49-50,53-56,59,64H,1-3,7-26,35-36,39-40,43-48,51-52H2. The van der Waals surface area contributed by atoms with Crippen LogP contribution in [0.1, 0.15) is 154 Å². The van der Waals surface area contributed by atoms with Gasteiger partial charge in [-0.3, -0.25) is 9.59 Å². The molecule has 0 amide bonds. The third-order valence-electron chi connectivity index (χ3n) is 17.3. The van der Waals surface area contributed by atoms with Crippen LogP contribution in [-0.4, -0.2) is 99.0 Å². The summed E-state index contributed by atoms with van der Waals surface area (Å²) in [6, 6.07) is 27.0. The summed E-state index contributed by atoms with van der Waals surface area (Å²) in [5.41, 5.74) is 0.878. The molecule has 0 atom stereocenters. The first-order chi connectivity index (χ1) is 44.5. The number of benzene rings is 4. The summed E-state index contributed by atoms with van der Waals surface area (Å²) in [5.74, 6) is 2.75. The van der Waals surface area contributed by atoms with Gasteiger partial charge in [0.2, 0.25) is 0 Å². The first kappa shape index (κ1) is 69.5. The van der Waals surface area contributed by atoms with Crippen molar-refractivity contribution < 1.29 is 71.3 Å². The molecule has 16 nitrogen and oxygen atoms in total. The van der Waals surface area contributed by atoms with Crippen molar-refractivity contribution >= 4 is 63.3 Å². The van der Waals surface area contributed by atoms with E-state index >= 15 is 0 Å². The van der Waals surface area contributed by atoms with Crippen LogP contribution in [0.15, 0.2) is 128 Å². The van der Waals surface area contributed by atoms with E-state index < -0.39 is 11.9 Å². The fourth-order valence-electron chi connectivity index (χ4n) is 11.8. The number of hydrogen-bond donors (Lipinski definition) is 0. The number of aromatic nitrogens is 1. The predicted molar refractivity (Wildman–Crippen MR) is 353 cm³/mol. The Balaban J connectivity index is 0.799. The topological polar surface area (TPSA) is 191 Å². The molecule has 3 aliphatic rings. The van der Waals surface area contributed by atoms with Crippen molar-refractivity contribution in [3.05, 3.63) is 123 Å². The molecule has 3 fully saturated rings. The van der Waals surface area contributed by atoms with Crippen molar-refractivity contribution in [3.8, 4) is 34.5 Å². The second-order valence-corrected chi connectivity index (χ2v) is 25.4. The van der Waals surface area contributed by atoms with Gasteiger partial charge in [-0.05, 0) is 244 Å². The molecule has 0 spiro atoms. The molecule has 1 heterocycles. The molecular formula is C74H93NO15S. The number of unbranched alkanes of at least 4 members (excludes halogenated alkanes) is 9. The van der Waals surface area contributed by atoms with Crippen molar-refractivity contribution in [2.45, 2.75) is 170 Å². The van der Waals surface area contributed by atoms with Crippen molar-refractivity contribution in [2.24, 2.45) is 23.7 Å². The predicted octanol–water partition coefficient (Wildman–Crippen LogP) is 16.0. The van der Waals surface area contributed by atoms with Gasteiger partial charge in [0.1, 0.15) is 39.5 Å². The van der Waals surface area contributed by atoms with Crippen LogP contribution < -0.4 is 28.4 Å². The van der Waals surface area contributed by atoms with Gasteiger partial charge in [-0.2, -0.15) is 0 Å². The highest BCUT2D eigenvalue weighted by Gasteiger charge is 2.31. The van der Waals surface area contributed by atoms with Crippen LogP contribution in [0.2, 0.25) is 0 Å². The molecular weight excluding hydrogens is 1170 g/mol. The SMILES string of the molecule is C=CC(=O)OCCCCCCOc1ccc(OC(=O)C2CCC(COc3ccc4c(c3)nc(SC3CCC(OCCCCCCOC(=O)C=C)CC3)c3cc(OCC5CCC(C(=O)Oc6ccc(OCCCCCCOC(=O)C=C)cc6)CC5)ccc34)CC2)cc1. The Kier molecular flexibility index (Phi) is 29.4. The van der Waals surface area contributed by atoms with Gasteiger partial charge in [0.15, 0.2) is 0 Å². The number of esters is 5. The normalized spacial score (nSPS) is 18.9. The monoisotopic (exact) mass is 1270 g/mol. The molecule has 17 heteroatoms. The first-order valence-electron chi connectivity index (χ1n) is 33.2. The number of pyridine rings is 1. The van der Waals surface area contributed by atoms with Crippen LogP contribution in [0.4, 0.5) is 0 Å². The van der Waals surface area contributed by atoms with E-state index in [1.807, 2.05) is 42.1 Å². The van der Waals surface area contributed by atoms with Gasteiger partial charge in [-0.15, -0.1) is 11.8 Å². The molecule has 5 aromatic rings. The summed E-state index contributed by atoms with van der Waals surface area (Å²) in [5, 5.41) is 4.57. The number of fused-ring (bicyclic) bond motifs is 3. The van der Waals surface area contributed by atoms with E-state index in [1.165, 1.54) is 18.2 Å². The highest BCUT2D eigenvalue weighted by atomic mass is 32.2. The molecule has 490 valence electrons. The number of carbonyl (C=O) groups is 5. The summed E-state index contributed by atoms with van der Waals surface area (Å²) >= 11 is 1.85. The molecule has 0 aliphatic heterocycles. The van der Waals surface area contributed by atoms with E-state index in [-0.39, 0.29) is 35.8 Å². The van der Waals surface area contributed by atoms with Gasteiger partial charge < -0.3 is 47.4 Å². The molecule has 3 aliphatic carbocycles. The highest BCUT2D eigenvalue weighted by molar-refractivity contribution is 8.00. The summed E-state index contributed by atoms with van der Waals surface area (Å²) in [6.07, 6.45) is 25.3. The van der Waals surface area contributed by atoms with Crippen molar-refractivity contribution in [1.82, 2.24) is 4.98 Å². The molecule has 0 N–H and O–H groups in total. The molecule has 3 saturated carbocycles. The Morgan fingerprint density at radius 1 is 0.407 bits per heavy atom. The Morgan fingerprint density at radius 2 is 0.802 bits per heavy atom. The summed E-state index contributed by atoms with van der Waals surface area (Å²) in [4.78, 5) is 65.6. The fraction of sp³-hybridized carbons (Fsp3) is 0.514. The maximum absolute atomic E-state index is 13.3. The zero-order chi connectivity index (χ0) is 63.8. The zero-order valence-corrected chi connectivity index (χ0v) is 53.8. The largest absolute Gasteiger partial charge is 0.494 e. The molecule has 1 aromatic heterocycles. The quantitative estimate of drug-likeness (QED) is 0.00900. The fourth-order valence-corrected chi connectivity index (χ4v) is 13.1. The Hall–Kier alpha value is -7.37. The van der Waals surface area contributed by atoms with Crippen LogP contribution in [0.25, 0.3) is 21.7 Å². The lowest BCUT2D eigenvalue weighted by Gasteiger charge is -2.28. The highest BCUT2D eigenvalue weighted by Crippen LogP contribution is 2.42. The van der Waals surface area contributed by atoms with Gasteiger partial charge >= 0.3 is 29.8 Å². The van der Waals surface area contributed by atoms with Crippen LogP contribution in [0.3, 0.4) is 0 Å². The number of hydrogen-bond acceptors (Lipinski definition) is 17. The Labute approximate surface area is 541 Å². The minimum absolute atomic E-state index is 0.167. The summed E-state index contributed by atoms with van der Waals surface area (Å²) in [6.45, 7) is 14.5. The van der Waals surface area contributed by atoms with E-state index in [1.54, 1.807) is 24.3 Å².